The normalized spacial score (nSPS) is 23.8. The summed E-state index contributed by atoms with van der Waals surface area (Å²) in [6, 6.07) is 0. The summed E-state index contributed by atoms with van der Waals surface area (Å²) in [6.07, 6.45) is 10.1. The lowest BCUT2D eigenvalue weighted by Gasteiger charge is -2.16. The largest absolute Gasteiger partial charge is 0.469 e. The lowest BCUT2D eigenvalue weighted by molar-refractivity contribution is -0.140. The summed E-state index contributed by atoms with van der Waals surface area (Å²) in [7, 11) is 1.42. The first-order valence-electron chi connectivity index (χ1n) is 6.93. The van der Waals surface area contributed by atoms with Crippen LogP contribution in [0.1, 0.15) is 51.9 Å². The summed E-state index contributed by atoms with van der Waals surface area (Å²) in [4.78, 5) is 22.8. The number of methoxy groups -OCH3 is 1. The summed E-state index contributed by atoms with van der Waals surface area (Å²) in [5.41, 5.74) is 0. The molecule has 18 heavy (non-hydrogen) atoms. The Morgan fingerprint density at radius 2 is 2.22 bits per heavy atom. The third kappa shape index (κ3) is 4.63. The highest BCUT2D eigenvalue weighted by molar-refractivity contribution is 5.83. The molecule has 0 amide bonds. The average Bonchev–Trinajstić information content (AvgIpc) is 2.71. The first-order chi connectivity index (χ1) is 8.69. The number of hydrogen-bond donors (Lipinski definition) is 0. The van der Waals surface area contributed by atoms with Crippen molar-refractivity contribution >= 4 is 11.8 Å². The third-order valence-corrected chi connectivity index (χ3v) is 3.72. The topological polar surface area (TPSA) is 43.4 Å². The Labute approximate surface area is 110 Å². The van der Waals surface area contributed by atoms with Crippen LogP contribution < -0.4 is 0 Å². The molecule has 0 heterocycles. The SMILES string of the molecule is CC/C=C\C[C@@H]1C(=O)CC[C@@H]1CCCC(=O)OC. The van der Waals surface area contributed by atoms with E-state index in [2.05, 4.69) is 23.8 Å². The maximum absolute atomic E-state index is 11.8. The minimum atomic E-state index is -0.151. The van der Waals surface area contributed by atoms with Crippen LogP contribution in [0.2, 0.25) is 0 Å². The fourth-order valence-electron chi connectivity index (χ4n) is 2.67. The highest BCUT2D eigenvalue weighted by atomic mass is 16.5. The highest BCUT2D eigenvalue weighted by Gasteiger charge is 2.32. The van der Waals surface area contributed by atoms with Gasteiger partial charge < -0.3 is 4.74 Å². The van der Waals surface area contributed by atoms with Gasteiger partial charge in [-0.2, -0.15) is 0 Å². The van der Waals surface area contributed by atoms with E-state index >= 15 is 0 Å². The van der Waals surface area contributed by atoms with Crippen LogP contribution >= 0.6 is 0 Å². The van der Waals surface area contributed by atoms with Gasteiger partial charge in [-0.3, -0.25) is 9.59 Å². The predicted molar refractivity (Wildman–Crippen MR) is 71.1 cm³/mol. The second-order valence-corrected chi connectivity index (χ2v) is 4.96. The zero-order chi connectivity index (χ0) is 13.4. The van der Waals surface area contributed by atoms with Gasteiger partial charge in [-0.25, -0.2) is 0 Å². The summed E-state index contributed by atoms with van der Waals surface area (Å²) in [5.74, 6) is 0.898. The number of rotatable bonds is 7. The van der Waals surface area contributed by atoms with Crippen LogP contribution in [-0.2, 0) is 14.3 Å². The van der Waals surface area contributed by atoms with Crippen LogP contribution in [0, 0.1) is 11.8 Å². The third-order valence-electron chi connectivity index (χ3n) is 3.72. The Morgan fingerprint density at radius 1 is 1.44 bits per heavy atom. The Bertz CT molecular complexity index is 307. The van der Waals surface area contributed by atoms with Crippen molar-refractivity contribution in [3.63, 3.8) is 0 Å². The van der Waals surface area contributed by atoms with E-state index < -0.39 is 0 Å². The Morgan fingerprint density at radius 3 is 2.89 bits per heavy atom. The molecule has 2 atom stereocenters. The Kier molecular flexibility index (Phi) is 6.69. The highest BCUT2D eigenvalue weighted by Crippen LogP contribution is 2.35. The van der Waals surface area contributed by atoms with Gasteiger partial charge in [0.25, 0.3) is 0 Å². The van der Waals surface area contributed by atoms with Gasteiger partial charge >= 0.3 is 5.97 Å². The molecule has 0 bridgehead atoms. The van der Waals surface area contributed by atoms with Crippen LogP contribution in [0.4, 0.5) is 0 Å². The first-order valence-corrected chi connectivity index (χ1v) is 6.93. The van der Waals surface area contributed by atoms with Gasteiger partial charge in [-0.05, 0) is 38.0 Å². The molecule has 0 N–H and O–H groups in total. The predicted octanol–water partition coefficient (Wildman–Crippen LogP) is 3.28. The molecule has 0 aromatic heterocycles. The number of allylic oxidation sites excluding steroid dienone is 2. The zero-order valence-electron chi connectivity index (χ0n) is 11.5. The standard InChI is InChI=1S/C15H24O3/c1-3-4-5-8-13-12(10-11-14(13)16)7-6-9-15(17)18-2/h4-5,12-13H,3,6-11H2,1-2H3/b5-4-/t12-,13-/m0/s1. The van der Waals surface area contributed by atoms with E-state index in [1.54, 1.807) is 0 Å². The number of esters is 1. The lowest BCUT2D eigenvalue weighted by Crippen LogP contribution is -2.14. The summed E-state index contributed by atoms with van der Waals surface area (Å²) in [5, 5.41) is 0. The van der Waals surface area contributed by atoms with Crippen LogP contribution in [0.5, 0.6) is 0 Å². The van der Waals surface area contributed by atoms with Crippen molar-refractivity contribution in [3.8, 4) is 0 Å². The van der Waals surface area contributed by atoms with Crippen molar-refractivity contribution in [2.24, 2.45) is 11.8 Å². The van der Waals surface area contributed by atoms with Gasteiger partial charge in [-0.1, -0.05) is 19.1 Å². The molecule has 1 aliphatic carbocycles. The number of hydrogen-bond acceptors (Lipinski definition) is 3. The molecule has 1 fully saturated rings. The van der Waals surface area contributed by atoms with Crippen LogP contribution in [0.15, 0.2) is 12.2 Å². The van der Waals surface area contributed by atoms with Gasteiger partial charge in [0.1, 0.15) is 5.78 Å². The van der Waals surface area contributed by atoms with Gasteiger partial charge in [0.05, 0.1) is 7.11 Å². The minimum Gasteiger partial charge on any atom is -0.469 e. The molecule has 0 saturated heterocycles. The molecule has 0 aliphatic heterocycles. The molecule has 3 heteroatoms. The number of ether oxygens (including phenoxy) is 1. The summed E-state index contributed by atoms with van der Waals surface area (Å²) < 4.78 is 4.63. The van der Waals surface area contributed by atoms with Crippen molar-refractivity contribution in [3.05, 3.63) is 12.2 Å². The lowest BCUT2D eigenvalue weighted by atomic mass is 9.88. The van der Waals surface area contributed by atoms with Gasteiger partial charge in [0.15, 0.2) is 0 Å². The second-order valence-electron chi connectivity index (χ2n) is 4.96. The first kappa shape index (κ1) is 14.9. The van der Waals surface area contributed by atoms with E-state index in [1.165, 1.54) is 7.11 Å². The van der Waals surface area contributed by atoms with Crippen LogP contribution in [0.25, 0.3) is 0 Å². The average molecular weight is 252 g/mol. The quantitative estimate of drug-likeness (QED) is 0.516. The van der Waals surface area contributed by atoms with Crippen molar-refractivity contribution in [1.29, 1.82) is 0 Å². The fourth-order valence-corrected chi connectivity index (χ4v) is 2.67. The molecule has 0 spiro atoms. The molecular weight excluding hydrogens is 228 g/mol. The number of carbonyl (C=O) groups is 2. The monoisotopic (exact) mass is 252 g/mol. The minimum absolute atomic E-state index is 0.151. The maximum Gasteiger partial charge on any atom is 0.305 e. The molecule has 3 nitrogen and oxygen atoms in total. The molecule has 1 rings (SSSR count). The van der Waals surface area contributed by atoms with E-state index in [1.807, 2.05) is 0 Å². The maximum atomic E-state index is 11.8. The van der Waals surface area contributed by atoms with Crippen LogP contribution in [-0.4, -0.2) is 18.9 Å². The second kappa shape index (κ2) is 8.06. The molecule has 0 radical (unpaired) electrons. The Balaban J connectivity index is 2.36. The summed E-state index contributed by atoms with van der Waals surface area (Å²) >= 11 is 0. The van der Waals surface area contributed by atoms with Crippen molar-refractivity contribution in [2.45, 2.75) is 51.9 Å². The van der Waals surface area contributed by atoms with E-state index in [-0.39, 0.29) is 11.9 Å². The fraction of sp³-hybridized carbons (Fsp3) is 0.733. The van der Waals surface area contributed by atoms with E-state index in [9.17, 15) is 9.59 Å². The summed E-state index contributed by atoms with van der Waals surface area (Å²) in [6.45, 7) is 2.10. The molecule has 0 aromatic carbocycles. The van der Waals surface area contributed by atoms with Crippen molar-refractivity contribution < 1.29 is 14.3 Å². The van der Waals surface area contributed by atoms with E-state index in [4.69, 9.17) is 0 Å². The van der Waals surface area contributed by atoms with Gasteiger partial charge in [0, 0.05) is 18.8 Å². The van der Waals surface area contributed by atoms with E-state index in [0.717, 1.165) is 32.1 Å². The molecule has 102 valence electrons. The van der Waals surface area contributed by atoms with E-state index in [0.29, 0.717) is 24.5 Å². The molecular formula is C15H24O3. The molecule has 0 unspecified atom stereocenters. The smallest absolute Gasteiger partial charge is 0.305 e. The molecule has 1 aliphatic rings. The van der Waals surface area contributed by atoms with Crippen molar-refractivity contribution in [1.82, 2.24) is 0 Å². The Hall–Kier alpha value is -1.12. The van der Waals surface area contributed by atoms with Crippen molar-refractivity contribution in [2.75, 3.05) is 7.11 Å². The number of ketones is 1. The number of Topliss-reactive ketones (excluding diaryl/α,β-unsaturated/α-hetero) is 1. The molecule has 0 aromatic rings. The number of carbonyl (C=O) groups excluding carboxylic acids is 2. The van der Waals surface area contributed by atoms with Gasteiger partial charge in [0.2, 0.25) is 0 Å². The van der Waals surface area contributed by atoms with Gasteiger partial charge in [-0.15, -0.1) is 0 Å². The molecule has 1 saturated carbocycles. The zero-order valence-corrected chi connectivity index (χ0v) is 11.5. The van der Waals surface area contributed by atoms with Crippen LogP contribution in [0.3, 0.4) is 0 Å².